The maximum absolute atomic E-state index is 10.4. The molecule has 1 saturated heterocycles. The maximum Gasteiger partial charge on any atom is 0.161 e. The number of likely N-dealkylation sites (N-methyl/N-ethyl adjacent to an activating group) is 2. The van der Waals surface area contributed by atoms with Crippen LogP contribution in [0.25, 0.3) is 0 Å². The van der Waals surface area contributed by atoms with Crippen LogP contribution in [0, 0.1) is 0 Å². The van der Waals surface area contributed by atoms with Gasteiger partial charge in [0, 0.05) is 6.42 Å². The van der Waals surface area contributed by atoms with Crippen LogP contribution in [0.5, 0.6) is 0 Å². The van der Waals surface area contributed by atoms with Gasteiger partial charge in [0.15, 0.2) is 6.29 Å². The highest BCUT2D eigenvalue weighted by Crippen LogP contribution is 2.28. The number of aliphatic hydroxyl groups is 4. The Kier molecular flexibility index (Phi) is 6.14. The predicted molar refractivity (Wildman–Crippen MR) is 78.2 cm³/mol. The highest BCUT2D eigenvalue weighted by Gasteiger charge is 2.50. The lowest BCUT2D eigenvalue weighted by Crippen LogP contribution is -2.71. The fourth-order valence-corrected chi connectivity index (χ4v) is 3.42. The van der Waals surface area contributed by atoms with Gasteiger partial charge in [-0.1, -0.05) is 0 Å². The largest absolute Gasteiger partial charge is 0.393 e. The zero-order valence-electron chi connectivity index (χ0n) is 13.2. The van der Waals surface area contributed by atoms with E-state index in [2.05, 4.69) is 10.6 Å². The maximum atomic E-state index is 10.4. The summed E-state index contributed by atoms with van der Waals surface area (Å²) in [5.74, 6) is 0. The molecule has 0 bridgehead atoms. The molecular weight excluding hydrogens is 292 g/mol. The van der Waals surface area contributed by atoms with Crippen molar-refractivity contribution in [1.82, 2.24) is 10.6 Å². The Labute approximate surface area is 130 Å². The number of rotatable bonds is 4. The molecule has 7 atom stereocenters. The van der Waals surface area contributed by atoms with Crippen molar-refractivity contribution >= 4 is 0 Å². The molecule has 6 N–H and O–H groups in total. The minimum absolute atomic E-state index is 0.155. The Hall–Kier alpha value is -0.320. The number of ether oxygens (including phenoxy) is 2. The molecule has 1 heterocycles. The summed E-state index contributed by atoms with van der Waals surface area (Å²) in [5, 5.41) is 46.5. The van der Waals surface area contributed by atoms with Crippen LogP contribution in [-0.2, 0) is 9.47 Å². The van der Waals surface area contributed by atoms with Gasteiger partial charge in [0.2, 0.25) is 0 Å². The molecule has 2 fully saturated rings. The second-order valence-corrected chi connectivity index (χ2v) is 6.20. The quantitative estimate of drug-likeness (QED) is 0.337. The first kappa shape index (κ1) is 18.0. The number of hydrogen-bond acceptors (Lipinski definition) is 8. The van der Waals surface area contributed by atoms with E-state index in [0.29, 0.717) is 6.42 Å². The van der Waals surface area contributed by atoms with E-state index < -0.39 is 48.9 Å². The van der Waals surface area contributed by atoms with Gasteiger partial charge in [-0.25, -0.2) is 0 Å². The molecule has 0 radical (unpaired) electrons. The topological polar surface area (TPSA) is 123 Å². The van der Waals surface area contributed by atoms with E-state index in [4.69, 9.17) is 9.47 Å². The van der Waals surface area contributed by atoms with E-state index in [-0.39, 0.29) is 12.5 Å². The Morgan fingerprint density at radius 3 is 1.91 bits per heavy atom. The molecular formula is C14H28N2O6. The summed E-state index contributed by atoms with van der Waals surface area (Å²) in [4.78, 5) is 0. The average Bonchev–Trinajstić information content (AvgIpc) is 2.43. The van der Waals surface area contributed by atoms with Gasteiger partial charge in [-0.2, -0.15) is 0 Å². The molecule has 0 amide bonds. The van der Waals surface area contributed by atoms with Crippen LogP contribution in [0.1, 0.15) is 19.8 Å². The van der Waals surface area contributed by atoms with Gasteiger partial charge in [0.1, 0.15) is 18.3 Å². The van der Waals surface area contributed by atoms with Crippen LogP contribution >= 0.6 is 0 Å². The van der Waals surface area contributed by atoms with E-state index in [1.807, 2.05) is 6.92 Å². The summed E-state index contributed by atoms with van der Waals surface area (Å²) >= 11 is 0. The van der Waals surface area contributed by atoms with E-state index in [9.17, 15) is 20.4 Å². The van der Waals surface area contributed by atoms with Crippen LogP contribution in [0.3, 0.4) is 0 Å². The smallest absolute Gasteiger partial charge is 0.161 e. The minimum atomic E-state index is -1.10. The van der Waals surface area contributed by atoms with Crippen LogP contribution in [-0.4, -0.2) is 89.5 Å². The Morgan fingerprint density at radius 2 is 1.45 bits per heavy atom. The van der Waals surface area contributed by atoms with E-state index in [1.54, 1.807) is 14.1 Å². The summed E-state index contributed by atoms with van der Waals surface area (Å²) < 4.78 is 11.3. The summed E-state index contributed by atoms with van der Waals surface area (Å²) in [6.45, 7) is 1.84. The van der Waals surface area contributed by atoms with Gasteiger partial charge >= 0.3 is 0 Å². The van der Waals surface area contributed by atoms with Crippen molar-refractivity contribution < 1.29 is 29.9 Å². The van der Waals surface area contributed by atoms with Crippen molar-refractivity contribution in [1.29, 1.82) is 0 Å². The minimum Gasteiger partial charge on any atom is -0.393 e. The van der Waals surface area contributed by atoms with Crippen LogP contribution in [0.4, 0.5) is 0 Å². The number of nitrogens with one attached hydrogen (secondary N) is 2. The molecule has 7 unspecified atom stereocenters. The monoisotopic (exact) mass is 320 g/mol. The van der Waals surface area contributed by atoms with E-state index in [0.717, 1.165) is 0 Å². The molecule has 1 aliphatic heterocycles. The van der Waals surface area contributed by atoms with Crippen molar-refractivity contribution in [3.8, 4) is 0 Å². The summed E-state index contributed by atoms with van der Waals surface area (Å²) in [7, 11) is 3.25. The lowest BCUT2D eigenvalue weighted by molar-refractivity contribution is -0.272. The van der Waals surface area contributed by atoms with Crippen molar-refractivity contribution in [2.24, 2.45) is 0 Å². The number of aliphatic hydroxyl groups excluding tert-OH is 4. The zero-order valence-corrected chi connectivity index (χ0v) is 13.2. The predicted octanol–water partition coefficient (Wildman–Crippen LogP) is -2.47. The lowest BCUT2D eigenvalue weighted by Gasteiger charge is -2.47. The van der Waals surface area contributed by atoms with Crippen molar-refractivity contribution in [3.63, 3.8) is 0 Å². The van der Waals surface area contributed by atoms with Crippen LogP contribution in [0.2, 0.25) is 0 Å². The van der Waals surface area contributed by atoms with Gasteiger partial charge in [-0.3, -0.25) is 0 Å². The molecule has 8 heteroatoms. The third kappa shape index (κ3) is 3.60. The third-order valence-electron chi connectivity index (χ3n) is 4.57. The molecule has 0 aromatic rings. The second-order valence-electron chi connectivity index (χ2n) is 6.20. The normalized spacial score (nSPS) is 50.0. The van der Waals surface area contributed by atoms with Crippen molar-refractivity contribution in [2.45, 2.75) is 74.8 Å². The first-order valence-corrected chi connectivity index (χ1v) is 7.76. The lowest BCUT2D eigenvalue weighted by atomic mass is 9.81. The molecule has 1 saturated carbocycles. The fraction of sp³-hybridized carbons (Fsp3) is 1.00. The molecule has 130 valence electrons. The van der Waals surface area contributed by atoms with Gasteiger partial charge < -0.3 is 40.5 Å². The summed E-state index contributed by atoms with van der Waals surface area (Å²) in [6, 6.07) is -1.28. The fourth-order valence-electron chi connectivity index (χ4n) is 3.42. The van der Waals surface area contributed by atoms with Crippen molar-refractivity contribution in [2.75, 3.05) is 14.1 Å². The van der Waals surface area contributed by atoms with E-state index in [1.165, 1.54) is 0 Å². The SMILES string of the molecule is CNC1C(O)C(NC)C(O)C(OC2CC(O)CC(C)O2)C1O. The molecule has 0 aromatic heterocycles. The summed E-state index contributed by atoms with van der Waals surface area (Å²) in [5.41, 5.74) is 0. The molecule has 0 aromatic carbocycles. The van der Waals surface area contributed by atoms with Gasteiger partial charge in [-0.15, -0.1) is 0 Å². The van der Waals surface area contributed by atoms with Gasteiger partial charge in [-0.05, 0) is 27.4 Å². The zero-order chi connectivity index (χ0) is 16.4. The average molecular weight is 320 g/mol. The highest BCUT2D eigenvalue weighted by atomic mass is 16.7. The Bertz CT molecular complexity index is 332. The third-order valence-corrected chi connectivity index (χ3v) is 4.57. The van der Waals surface area contributed by atoms with Crippen LogP contribution < -0.4 is 10.6 Å². The molecule has 8 nitrogen and oxygen atoms in total. The first-order chi connectivity index (χ1) is 10.4. The van der Waals surface area contributed by atoms with Crippen molar-refractivity contribution in [3.05, 3.63) is 0 Å². The van der Waals surface area contributed by atoms with E-state index >= 15 is 0 Å². The molecule has 1 aliphatic carbocycles. The van der Waals surface area contributed by atoms with Gasteiger partial charge in [0.05, 0.1) is 30.4 Å². The molecule has 22 heavy (non-hydrogen) atoms. The number of hydrogen-bond donors (Lipinski definition) is 6. The van der Waals surface area contributed by atoms with Crippen LogP contribution in [0.15, 0.2) is 0 Å². The standard InChI is InChI=1S/C14H28N2O6/c1-6-4-7(17)5-8(21-6)22-14-12(19)9(15-2)11(18)10(16-3)13(14)20/h6-20H,4-5H2,1-3H3. The molecule has 2 aliphatic rings. The first-order valence-electron chi connectivity index (χ1n) is 7.76. The molecule has 0 spiro atoms. The summed E-state index contributed by atoms with van der Waals surface area (Å²) in [6.07, 6.45) is -4.65. The Balaban J connectivity index is 2.10. The Morgan fingerprint density at radius 1 is 0.909 bits per heavy atom. The molecule has 2 rings (SSSR count). The van der Waals surface area contributed by atoms with Gasteiger partial charge in [0.25, 0.3) is 0 Å². The second kappa shape index (κ2) is 7.50. The highest BCUT2D eigenvalue weighted by molar-refractivity contribution is 5.05.